The summed E-state index contributed by atoms with van der Waals surface area (Å²) in [4.78, 5) is 6.07. The molecule has 1 aromatic rings. The van der Waals surface area contributed by atoms with E-state index >= 15 is 0 Å². The van der Waals surface area contributed by atoms with Crippen molar-refractivity contribution >= 4 is 5.82 Å². The Bertz CT molecular complexity index is 391. The van der Waals surface area contributed by atoms with E-state index < -0.39 is 12.7 Å². The predicted octanol–water partition coefficient (Wildman–Crippen LogP) is 2.79. The van der Waals surface area contributed by atoms with Gasteiger partial charge >= 0.3 is 6.18 Å². The molecule has 0 spiro atoms. The van der Waals surface area contributed by atoms with Gasteiger partial charge in [-0.1, -0.05) is 13.8 Å². The Labute approximate surface area is 111 Å². The molecule has 19 heavy (non-hydrogen) atoms. The summed E-state index contributed by atoms with van der Waals surface area (Å²) in [7, 11) is 1.82. The van der Waals surface area contributed by atoms with Crippen molar-refractivity contribution in [2.75, 3.05) is 31.6 Å². The first-order valence-electron chi connectivity index (χ1n) is 6.24. The van der Waals surface area contributed by atoms with E-state index in [-0.39, 0.29) is 6.54 Å². The number of aromatic nitrogens is 1. The fourth-order valence-corrected chi connectivity index (χ4v) is 1.59. The molecule has 1 aromatic heterocycles. The SMILES string of the molecule is CC(C)c1ccnc(N(C)CCNCC(F)(F)F)c1. The summed E-state index contributed by atoms with van der Waals surface area (Å²) >= 11 is 0. The average Bonchev–Trinajstić information content (AvgIpc) is 2.33. The average molecular weight is 275 g/mol. The third-order valence-corrected chi connectivity index (χ3v) is 2.78. The van der Waals surface area contributed by atoms with Gasteiger partial charge < -0.3 is 10.2 Å². The fourth-order valence-electron chi connectivity index (χ4n) is 1.59. The van der Waals surface area contributed by atoms with Crippen LogP contribution in [0.1, 0.15) is 25.3 Å². The van der Waals surface area contributed by atoms with E-state index in [1.165, 1.54) is 5.56 Å². The number of nitrogens with zero attached hydrogens (tertiary/aromatic N) is 2. The van der Waals surface area contributed by atoms with Gasteiger partial charge in [-0.25, -0.2) is 4.98 Å². The molecule has 0 aliphatic heterocycles. The predicted molar refractivity (Wildman–Crippen MR) is 70.5 cm³/mol. The number of alkyl halides is 3. The summed E-state index contributed by atoms with van der Waals surface area (Å²) in [5.41, 5.74) is 1.17. The van der Waals surface area contributed by atoms with E-state index in [1.54, 1.807) is 6.20 Å². The molecule has 0 fully saturated rings. The van der Waals surface area contributed by atoms with E-state index in [0.717, 1.165) is 5.82 Å². The van der Waals surface area contributed by atoms with Gasteiger partial charge in [-0.3, -0.25) is 0 Å². The lowest BCUT2D eigenvalue weighted by Gasteiger charge is -2.20. The van der Waals surface area contributed by atoms with Gasteiger partial charge in [0.15, 0.2) is 0 Å². The van der Waals surface area contributed by atoms with Gasteiger partial charge in [0.25, 0.3) is 0 Å². The van der Waals surface area contributed by atoms with Gasteiger partial charge in [0, 0.05) is 26.3 Å². The van der Waals surface area contributed by atoms with Gasteiger partial charge in [-0.2, -0.15) is 13.2 Å². The van der Waals surface area contributed by atoms with Gasteiger partial charge in [0.2, 0.25) is 0 Å². The van der Waals surface area contributed by atoms with Crippen molar-refractivity contribution in [2.45, 2.75) is 25.9 Å². The quantitative estimate of drug-likeness (QED) is 0.809. The summed E-state index contributed by atoms with van der Waals surface area (Å²) in [6.45, 7) is 3.96. The Balaban J connectivity index is 2.45. The molecule has 3 nitrogen and oxygen atoms in total. The largest absolute Gasteiger partial charge is 0.401 e. The molecule has 0 aliphatic carbocycles. The smallest absolute Gasteiger partial charge is 0.358 e. The normalized spacial score (nSPS) is 11.9. The first-order chi connectivity index (χ1) is 8.79. The zero-order valence-corrected chi connectivity index (χ0v) is 11.5. The molecule has 0 radical (unpaired) electrons. The van der Waals surface area contributed by atoms with Crippen molar-refractivity contribution in [2.24, 2.45) is 0 Å². The molecule has 1 N–H and O–H groups in total. The highest BCUT2D eigenvalue weighted by Crippen LogP contribution is 2.18. The van der Waals surface area contributed by atoms with E-state index in [0.29, 0.717) is 12.5 Å². The van der Waals surface area contributed by atoms with Gasteiger partial charge in [-0.15, -0.1) is 0 Å². The summed E-state index contributed by atoms with van der Waals surface area (Å²) in [6.07, 6.45) is -2.43. The van der Waals surface area contributed by atoms with Crippen LogP contribution in [0.3, 0.4) is 0 Å². The second-order valence-electron chi connectivity index (χ2n) is 4.82. The van der Waals surface area contributed by atoms with Gasteiger partial charge in [0.05, 0.1) is 6.54 Å². The fraction of sp³-hybridized carbons (Fsp3) is 0.615. The Morgan fingerprint density at radius 1 is 1.37 bits per heavy atom. The molecule has 0 aliphatic rings. The lowest BCUT2D eigenvalue weighted by Crippen LogP contribution is -2.35. The lowest BCUT2D eigenvalue weighted by atomic mass is 10.1. The number of anilines is 1. The number of halogens is 3. The molecule has 0 saturated carbocycles. The van der Waals surface area contributed by atoms with Crippen LogP contribution in [0.4, 0.5) is 19.0 Å². The number of pyridine rings is 1. The van der Waals surface area contributed by atoms with Crippen molar-refractivity contribution in [1.29, 1.82) is 0 Å². The van der Waals surface area contributed by atoms with Gasteiger partial charge in [-0.05, 0) is 23.6 Å². The molecule has 0 atom stereocenters. The monoisotopic (exact) mass is 275 g/mol. The Morgan fingerprint density at radius 3 is 2.63 bits per heavy atom. The van der Waals surface area contributed by atoms with Crippen molar-refractivity contribution in [1.82, 2.24) is 10.3 Å². The molecule has 1 rings (SSSR count). The Kier molecular flexibility index (Phi) is 5.60. The standard InChI is InChI=1S/C13H20F3N3/c1-10(2)11-4-5-18-12(8-11)19(3)7-6-17-9-13(14,15)16/h4-5,8,10,17H,6-7,9H2,1-3H3. The van der Waals surface area contributed by atoms with Crippen molar-refractivity contribution in [3.05, 3.63) is 23.9 Å². The van der Waals surface area contributed by atoms with Crippen LogP contribution >= 0.6 is 0 Å². The summed E-state index contributed by atoms with van der Waals surface area (Å²) in [5.74, 6) is 1.18. The minimum atomic E-state index is -4.16. The Hall–Kier alpha value is -1.30. The first-order valence-corrected chi connectivity index (χ1v) is 6.24. The second-order valence-corrected chi connectivity index (χ2v) is 4.82. The minimum Gasteiger partial charge on any atom is -0.358 e. The minimum absolute atomic E-state index is 0.267. The zero-order chi connectivity index (χ0) is 14.5. The number of rotatable bonds is 6. The third-order valence-electron chi connectivity index (χ3n) is 2.78. The van der Waals surface area contributed by atoms with E-state index in [1.807, 2.05) is 24.1 Å². The van der Waals surface area contributed by atoms with E-state index in [9.17, 15) is 13.2 Å². The number of hydrogen-bond acceptors (Lipinski definition) is 3. The van der Waals surface area contributed by atoms with Crippen LogP contribution in [-0.4, -0.2) is 37.8 Å². The summed E-state index contributed by atoms with van der Waals surface area (Å²) in [5, 5.41) is 2.37. The topological polar surface area (TPSA) is 28.2 Å². The van der Waals surface area contributed by atoms with Crippen molar-refractivity contribution in [3.8, 4) is 0 Å². The van der Waals surface area contributed by atoms with E-state index in [2.05, 4.69) is 24.1 Å². The van der Waals surface area contributed by atoms with Crippen LogP contribution in [0.2, 0.25) is 0 Å². The van der Waals surface area contributed by atoms with Crippen LogP contribution in [0.25, 0.3) is 0 Å². The third kappa shape index (κ3) is 5.92. The number of likely N-dealkylation sites (N-methyl/N-ethyl adjacent to an activating group) is 1. The van der Waals surface area contributed by atoms with Crippen LogP contribution in [0.5, 0.6) is 0 Å². The Morgan fingerprint density at radius 2 is 2.05 bits per heavy atom. The molecule has 0 saturated heterocycles. The molecule has 0 amide bonds. The number of hydrogen-bond donors (Lipinski definition) is 1. The van der Waals surface area contributed by atoms with Gasteiger partial charge in [0.1, 0.15) is 5.82 Å². The summed E-state index contributed by atoms with van der Waals surface area (Å²) in [6, 6.07) is 3.92. The second kappa shape index (κ2) is 6.75. The highest BCUT2D eigenvalue weighted by atomic mass is 19.4. The molecule has 6 heteroatoms. The van der Waals surface area contributed by atoms with Crippen LogP contribution in [0.15, 0.2) is 18.3 Å². The van der Waals surface area contributed by atoms with Crippen LogP contribution in [-0.2, 0) is 0 Å². The van der Waals surface area contributed by atoms with Crippen molar-refractivity contribution in [3.63, 3.8) is 0 Å². The molecule has 1 heterocycles. The van der Waals surface area contributed by atoms with Crippen molar-refractivity contribution < 1.29 is 13.2 Å². The van der Waals surface area contributed by atoms with Crippen LogP contribution in [0, 0.1) is 0 Å². The highest BCUT2D eigenvalue weighted by Gasteiger charge is 2.25. The lowest BCUT2D eigenvalue weighted by molar-refractivity contribution is -0.124. The zero-order valence-electron chi connectivity index (χ0n) is 11.5. The molecule has 108 valence electrons. The van der Waals surface area contributed by atoms with E-state index in [4.69, 9.17) is 0 Å². The highest BCUT2D eigenvalue weighted by molar-refractivity contribution is 5.40. The van der Waals surface area contributed by atoms with Crippen LogP contribution < -0.4 is 10.2 Å². The maximum absolute atomic E-state index is 12.0. The molecule has 0 bridgehead atoms. The molecule has 0 aromatic carbocycles. The molecular weight excluding hydrogens is 255 g/mol. The molecule has 0 unspecified atom stereocenters. The summed E-state index contributed by atoms with van der Waals surface area (Å²) < 4.78 is 35.9. The first kappa shape index (κ1) is 15.8. The number of nitrogens with one attached hydrogen (secondary N) is 1. The molecular formula is C13H20F3N3. The maximum Gasteiger partial charge on any atom is 0.401 e. The maximum atomic E-state index is 12.0.